The van der Waals surface area contributed by atoms with Crippen LogP contribution < -0.4 is 5.32 Å². The first-order valence-corrected chi connectivity index (χ1v) is 9.47. The molecule has 120 valence electrons. The molecular formula is C17H23BrN2OS. The summed E-state index contributed by atoms with van der Waals surface area (Å²) in [5.41, 5.74) is 1.62. The van der Waals surface area contributed by atoms with Gasteiger partial charge >= 0.3 is 0 Å². The van der Waals surface area contributed by atoms with Gasteiger partial charge in [0.15, 0.2) is 0 Å². The molecule has 2 N–H and O–H groups in total. The molecule has 0 aromatic carbocycles. The molecule has 1 saturated heterocycles. The predicted molar refractivity (Wildman–Crippen MR) is 96.1 cm³/mol. The summed E-state index contributed by atoms with van der Waals surface area (Å²) in [6.45, 7) is 7.91. The van der Waals surface area contributed by atoms with Gasteiger partial charge in [0.25, 0.3) is 0 Å². The highest BCUT2D eigenvalue weighted by Crippen LogP contribution is 2.37. The minimum Gasteiger partial charge on any atom is -0.371 e. The molecule has 5 heteroatoms. The van der Waals surface area contributed by atoms with Crippen molar-refractivity contribution < 1.29 is 5.11 Å². The zero-order valence-corrected chi connectivity index (χ0v) is 15.5. The van der Waals surface area contributed by atoms with E-state index in [1.807, 2.05) is 6.08 Å². The van der Waals surface area contributed by atoms with Crippen LogP contribution in [0.3, 0.4) is 0 Å². The molecule has 0 bridgehead atoms. The standard InChI is InChI=1S/C17H23BrN2OS/c1-12-7-14(8-16-9-15(18)11-22-16)13(2)17(21,10-12)20-5-3-19-4-6-20/h7,9-11,13,19,21H,3-6,8H2,1-2H3. The maximum Gasteiger partial charge on any atom is 0.144 e. The van der Waals surface area contributed by atoms with E-state index >= 15 is 0 Å². The van der Waals surface area contributed by atoms with Gasteiger partial charge in [0.2, 0.25) is 0 Å². The van der Waals surface area contributed by atoms with Crippen LogP contribution in [0.15, 0.2) is 39.2 Å². The summed E-state index contributed by atoms with van der Waals surface area (Å²) < 4.78 is 1.14. The summed E-state index contributed by atoms with van der Waals surface area (Å²) in [4.78, 5) is 3.55. The highest BCUT2D eigenvalue weighted by molar-refractivity contribution is 9.10. The van der Waals surface area contributed by atoms with Crippen molar-refractivity contribution >= 4 is 27.3 Å². The summed E-state index contributed by atoms with van der Waals surface area (Å²) in [7, 11) is 0. The van der Waals surface area contributed by atoms with Crippen molar-refractivity contribution in [3.8, 4) is 0 Å². The Balaban J connectivity index is 1.84. The molecule has 2 unspecified atom stereocenters. The Hall–Kier alpha value is -0.460. The third-order valence-corrected chi connectivity index (χ3v) is 6.37. The van der Waals surface area contributed by atoms with Gasteiger partial charge in [-0.25, -0.2) is 0 Å². The number of rotatable bonds is 3. The minimum absolute atomic E-state index is 0.107. The molecule has 0 saturated carbocycles. The van der Waals surface area contributed by atoms with Crippen molar-refractivity contribution in [3.05, 3.63) is 44.1 Å². The van der Waals surface area contributed by atoms with Crippen molar-refractivity contribution in [1.82, 2.24) is 10.2 Å². The van der Waals surface area contributed by atoms with E-state index in [-0.39, 0.29) is 5.92 Å². The third-order valence-electron chi connectivity index (χ3n) is 4.67. The van der Waals surface area contributed by atoms with E-state index in [1.54, 1.807) is 11.3 Å². The fourth-order valence-corrected chi connectivity index (χ4v) is 4.92. The molecule has 2 atom stereocenters. The van der Waals surface area contributed by atoms with E-state index < -0.39 is 5.72 Å². The van der Waals surface area contributed by atoms with Crippen LogP contribution in [0.4, 0.5) is 0 Å². The second-order valence-corrected chi connectivity index (χ2v) is 8.17. The molecule has 1 aromatic rings. The number of hydrogen-bond donors (Lipinski definition) is 2. The second-order valence-electron chi connectivity index (χ2n) is 6.26. The number of nitrogens with one attached hydrogen (secondary N) is 1. The Morgan fingerprint density at radius 3 is 2.82 bits per heavy atom. The van der Waals surface area contributed by atoms with E-state index in [4.69, 9.17) is 0 Å². The van der Waals surface area contributed by atoms with Crippen LogP contribution in [-0.4, -0.2) is 41.9 Å². The molecule has 1 aliphatic carbocycles. The zero-order chi connectivity index (χ0) is 15.7. The first-order chi connectivity index (χ1) is 10.5. The van der Waals surface area contributed by atoms with Gasteiger partial charge in [-0.1, -0.05) is 24.1 Å². The molecule has 2 aliphatic rings. The third kappa shape index (κ3) is 3.24. The van der Waals surface area contributed by atoms with Crippen LogP contribution >= 0.6 is 27.3 Å². The SMILES string of the molecule is CC1=CC(O)(N2CCNCC2)C(C)C(Cc2cc(Br)cs2)=C1. The molecule has 0 amide bonds. The molecule has 0 spiro atoms. The molecular weight excluding hydrogens is 360 g/mol. The highest BCUT2D eigenvalue weighted by atomic mass is 79.9. The molecule has 0 radical (unpaired) electrons. The fraction of sp³-hybridized carbons (Fsp3) is 0.529. The molecule has 1 aromatic heterocycles. The lowest BCUT2D eigenvalue weighted by Crippen LogP contribution is -2.59. The molecule has 1 aliphatic heterocycles. The number of aliphatic hydroxyl groups is 1. The second kappa shape index (κ2) is 6.57. The molecule has 2 heterocycles. The maximum absolute atomic E-state index is 11.4. The number of halogens is 1. The van der Waals surface area contributed by atoms with Gasteiger partial charge in [0.1, 0.15) is 5.72 Å². The topological polar surface area (TPSA) is 35.5 Å². The van der Waals surface area contributed by atoms with Crippen molar-refractivity contribution in [2.45, 2.75) is 26.0 Å². The molecule has 3 rings (SSSR count). The quantitative estimate of drug-likeness (QED) is 0.842. The lowest BCUT2D eigenvalue weighted by atomic mass is 9.80. The molecule has 1 fully saturated rings. The minimum atomic E-state index is -0.856. The Morgan fingerprint density at radius 2 is 2.18 bits per heavy atom. The van der Waals surface area contributed by atoms with Crippen molar-refractivity contribution in [1.29, 1.82) is 0 Å². The van der Waals surface area contributed by atoms with Gasteiger partial charge in [0, 0.05) is 53.2 Å². The first-order valence-electron chi connectivity index (χ1n) is 7.80. The van der Waals surface area contributed by atoms with E-state index in [2.05, 4.69) is 57.5 Å². The summed E-state index contributed by atoms with van der Waals surface area (Å²) >= 11 is 5.29. The Kier molecular flexibility index (Phi) is 4.90. The number of allylic oxidation sites excluding steroid dienone is 2. The van der Waals surface area contributed by atoms with Gasteiger partial charge in [-0.05, 0) is 35.0 Å². The number of piperazine rings is 1. The Morgan fingerprint density at radius 1 is 1.45 bits per heavy atom. The van der Waals surface area contributed by atoms with Gasteiger partial charge in [-0.3, -0.25) is 4.90 Å². The van der Waals surface area contributed by atoms with E-state index in [1.165, 1.54) is 10.5 Å². The van der Waals surface area contributed by atoms with Crippen LogP contribution in [0.5, 0.6) is 0 Å². The maximum atomic E-state index is 11.4. The smallest absolute Gasteiger partial charge is 0.144 e. The van der Waals surface area contributed by atoms with Crippen LogP contribution in [-0.2, 0) is 6.42 Å². The Labute approximate surface area is 144 Å². The van der Waals surface area contributed by atoms with Crippen LogP contribution in [0, 0.1) is 5.92 Å². The fourth-order valence-electron chi connectivity index (χ4n) is 3.43. The van der Waals surface area contributed by atoms with Gasteiger partial charge < -0.3 is 10.4 Å². The summed E-state index contributed by atoms with van der Waals surface area (Å²) in [6.07, 6.45) is 5.20. The molecule has 22 heavy (non-hydrogen) atoms. The van der Waals surface area contributed by atoms with Crippen LogP contribution in [0.25, 0.3) is 0 Å². The number of nitrogens with zero attached hydrogens (tertiary/aromatic N) is 1. The molecule has 3 nitrogen and oxygen atoms in total. The lowest BCUT2D eigenvalue weighted by molar-refractivity contribution is -0.103. The van der Waals surface area contributed by atoms with Crippen molar-refractivity contribution in [3.63, 3.8) is 0 Å². The van der Waals surface area contributed by atoms with Crippen LogP contribution in [0.2, 0.25) is 0 Å². The van der Waals surface area contributed by atoms with Gasteiger partial charge in [0.05, 0.1) is 0 Å². The highest BCUT2D eigenvalue weighted by Gasteiger charge is 2.41. The van der Waals surface area contributed by atoms with E-state index in [9.17, 15) is 5.11 Å². The van der Waals surface area contributed by atoms with Crippen molar-refractivity contribution in [2.75, 3.05) is 26.2 Å². The van der Waals surface area contributed by atoms with Gasteiger partial charge in [-0.2, -0.15) is 0 Å². The van der Waals surface area contributed by atoms with Gasteiger partial charge in [-0.15, -0.1) is 11.3 Å². The van der Waals surface area contributed by atoms with E-state index in [0.717, 1.165) is 42.6 Å². The average Bonchev–Trinajstić information content (AvgIpc) is 2.90. The number of thiophene rings is 1. The lowest BCUT2D eigenvalue weighted by Gasteiger charge is -2.46. The zero-order valence-electron chi connectivity index (χ0n) is 13.1. The summed E-state index contributed by atoms with van der Waals surface area (Å²) in [5.74, 6) is 0.107. The van der Waals surface area contributed by atoms with Crippen molar-refractivity contribution in [2.24, 2.45) is 5.92 Å². The van der Waals surface area contributed by atoms with Crippen LogP contribution in [0.1, 0.15) is 18.7 Å². The number of hydrogen-bond acceptors (Lipinski definition) is 4. The van der Waals surface area contributed by atoms with E-state index in [0.29, 0.717) is 0 Å². The summed E-state index contributed by atoms with van der Waals surface area (Å²) in [6, 6.07) is 2.18. The predicted octanol–water partition coefficient (Wildman–Crippen LogP) is 3.17. The monoisotopic (exact) mass is 382 g/mol. The summed E-state index contributed by atoms with van der Waals surface area (Å²) in [5, 5.41) is 16.8. The largest absolute Gasteiger partial charge is 0.371 e. The average molecular weight is 383 g/mol. The Bertz CT molecular complexity index is 604. The normalized spacial score (nSPS) is 30.1. The first kappa shape index (κ1) is 16.4.